The number of hydrogen-bond donors (Lipinski definition) is 1. The number of halogens is 1. The first-order valence-electron chi connectivity index (χ1n) is 7.65. The van der Waals surface area contributed by atoms with Crippen molar-refractivity contribution in [2.75, 3.05) is 19.8 Å². The molecule has 126 valence electrons. The second-order valence-electron chi connectivity index (χ2n) is 5.84. The molecule has 3 aromatic rings. The Morgan fingerprint density at radius 3 is 2.64 bits per heavy atom. The minimum absolute atomic E-state index is 0.307. The van der Waals surface area contributed by atoms with Gasteiger partial charge in [0.1, 0.15) is 11.6 Å². The zero-order valence-corrected chi connectivity index (χ0v) is 13.9. The van der Waals surface area contributed by atoms with Gasteiger partial charge in [-0.3, -0.25) is 4.79 Å². The number of amides is 1. The number of carbonyl (C=O) groups excluding carboxylic acids is 1. The van der Waals surface area contributed by atoms with E-state index in [4.69, 9.17) is 5.73 Å². The lowest BCUT2D eigenvalue weighted by Gasteiger charge is -2.09. The quantitative estimate of drug-likeness (QED) is 0.588. The predicted octanol–water partition coefficient (Wildman–Crippen LogP) is 3.35. The molecule has 1 amide bonds. The standard InChI is InChI=1S/C19H17FN4O/c1-24(2)11-23-19(25)17-10-22-18(21)16-9-13(6-7-15(16)17)12-4-3-5-14(20)8-12/h3-11H,1-2H3,(H2,21,22)/b23-11+. The van der Waals surface area contributed by atoms with E-state index in [0.717, 1.165) is 11.1 Å². The van der Waals surface area contributed by atoms with Crippen LogP contribution in [0.3, 0.4) is 0 Å². The number of anilines is 1. The smallest absolute Gasteiger partial charge is 0.280 e. The van der Waals surface area contributed by atoms with Crippen LogP contribution < -0.4 is 5.73 Å². The second kappa shape index (κ2) is 6.68. The van der Waals surface area contributed by atoms with Crippen LogP contribution in [0.5, 0.6) is 0 Å². The molecule has 0 fully saturated rings. The summed E-state index contributed by atoms with van der Waals surface area (Å²) in [5.74, 6) is -0.406. The number of nitrogen functional groups attached to an aromatic ring is 1. The fraction of sp³-hybridized carbons (Fsp3) is 0.105. The molecule has 0 spiro atoms. The van der Waals surface area contributed by atoms with Crippen molar-refractivity contribution < 1.29 is 9.18 Å². The Kier molecular flexibility index (Phi) is 4.43. The maximum Gasteiger partial charge on any atom is 0.280 e. The van der Waals surface area contributed by atoms with E-state index in [0.29, 0.717) is 22.2 Å². The number of hydrogen-bond acceptors (Lipinski definition) is 3. The van der Waals surface area contributed by atoms with E-state index in [9.17, 15) is 9.18 Å². The molecular formula is C19H17FN4O. The van der Waals surface area contributed by atoms with E-state index in [1.54, 1.807) is 37.2 Å². The highest BCUT2D eigenvalue weighted by Gasteiger charge is 2.13. The topological polar surface area (TPSA) is 71.6 Å². The summed E-state index contributed by atoms with van der Waals surface area (Å²) in [5.41, 5.74) is 7.87. The van der Waals surface area contributed by atoms with Gasteiger partial charge >= 0.3 is 0 Å². The fourth-order valence-corrected chi connectivity index (χ4v) is 2.52. The number of nitrogens with two attached hydrogens (primary N) is 1. The van der Waals surface area contributed by atoms with Gasteiger partial charge in [0.05, 0.1) is 11.9 Å². The monoisotopic (exact) mass is 336 g/mol. The van der Waals surface area contributed by atoms with Crippen molar-refractivity contribution in [1.82, 2.24) is 9.88 Å². The summed E-state index contributed by atoms with van der Waals surface area (Å²) < 4.78 is 13.5. The van der Waals surface area contributed by atoms with Crippen molar-refractivity contribution in [3.63, 3.8) is 0 Å². The SMILES string of the molecule is CN(C)/C=N/C(=O)c1cnc(N)c2cc(-c3cccc(F)c3)ccc12. The Hall–Kier alpha value is -3.28. The zero-order chi connectivity index (χ0) is 18.0. The molecule has 1 aromatic heterocycles. The van der Waals surface area contributed by atoms with Crippen LogP contribution in [0.4, 0.5) is 10.2 Å². The number of carbonyl (C=O) groups is 1. The molecule has 2 N–H and O–H groups in total. The summed E-state index contributed by atoms with van der Waals surface area (Å²) in [6.07, 6.45) is 2.86. The Morgan fingerprint density at radius 2 is 1.92 bits per heavy atom. The molecule has 0 atom stereocenters. The minimum Gasteiger partial charge on any atom is -0.383 e. The number of aliphatic imine (C=N–C) groups is 1. The summed E-state index contributed by atoms with van der Waals surface area (Å²) in [5, 5.41) is 1.29. The lowest BCUT2D eigenvalue weighted by atomic mass is 9.99. The molecule has 3 rings (SSSR count). The van der Waals surface area contributed by atoms with Crippen LogP contribution in [0.15, 0.2) is 53.7 Å². The maximum absolute atomic E-state index is 13.5. The van der Waals surface area contributed by atoms with Crippen molar-refractivity contribution in [3.05, 3.63) is 60.0 Å². The highest BCUT2D eigenvalue weighted by atomic mass is 19.1. The first-order valence-corrected chi connectivity index (χ1v) is 7.65. The molecule has 6 heteroatoms. The van der Waals surface area contributed by atoms with Crippen molar-refractivity contribution in [2.45, 2.75) is 0 Å². The molecule has 5 nitrogen and oxygen atoms in total. The number of fused-ring (bicyclic) bond motifs is 1. The van der Waals surface area contributed by atoms with E-state index in [-0.39, 0.29) is 5.82 Å². The minimum atomic E-state index is -0.398. The van der Waals surface area contributed by atoms with E-state index in [1.807, 2.05) is 12.1 Å². The van der Waals surface area contributed by atoms with Crippen molar-refractivity contribution in [2.24, 2.45) is 4.99 Å². The largest absolute Gasteiger partial charge is 0.383 e. The van der Waals surface area contributed by atoms with Gasteiger partial charge in [-0.1, -0.05) is 24.3 Å². The number of pyridine rings is 1. The van der Waals surface area contributed by atoms with Gasteiger partial charge in [0.15, 0.2) is 0 Å². The molecule has 0 aliphatic carbocycles. The molecule has 0 aliphatic heterocycles. The molecule has 0 saturated carbocycles. The number of aromatic nitrogens is 1. The predicted molar refractivity (Wildman–Crippen MR) is 98.1 cm³/mol. The van der Waals surface area contributed by atoms with Gasteiger partial charge in [-0.15, -0.1) is 0 Å². The fourth-order valence-electron chi connectivity index (χ4n) is 2.52. The van der Waals surface area contributed by atoms with Crippen molar-refractivity contribution in [1.29, 1.82) is 0 Å². The van der Waals surface area contributed by atoms with Gasteiger partial charge in [0.25, 0.3) is 5.91 Å². The Morgan fingerprint density at radius 1 is 1.16 bits per heavy atom. The summed E-state index contributed by atoms with van der Waals surface area (Å²) in [6, 6.07) is 11.7. The highest BCUT2D eigenvalue weighted by Crippen LogP contribution is 2.29. The molecule has 1 heterocycles. The van der Waals surface area contributed by atoms with Gasteiger partial charge in [-0.2, -0.15) is 4.99 Å². The number of rotatable bonds is 3. The van der Waals surface area contributed by atoms with Gasteiger partial charge in [0, 0.05) is 25.7 Å². The third-order valence-electron chi connectivity index (χ3n) is 3.71. The van der Waals surface area contributed by atoms with Gasteiger partial charge in [-0.25, -0.2) is 9.37 Å². The molecule has 2 aromatic carbocycles. The van der Waals surface area contributed by atoms with Crippen LogP contribution in [0.25, 0.3) is 21.9 Å². The Labute approximate surface area is 144 Å². The second-order valence-corrected chi connectivity index (χ2v) is 5.84. The number of nitrogens with zero attached hydrogens (tertiary/aromatic N) is 3. The Balaban J connectivity index is 2.12. The normalized spacial score (nSPS) is 11.2. The molecule has 0 bridgehead atoms. The van der Waals surface area contributed by atoms with Crippen LogP contribution in [-0.2, 0) is 0 Å². The van der Waals surface area contributed by atoms with Crippen molar-refractivity contribution >= 4 is 28.8 Å². The van der Waals surface area contributed by atoms with Crippen LogP contribution in [0.1, 0.15) is 10.4 Å². The summed E-state index contributed by atoms with van der Waals surface area (Å²) in [6.45, 7) is 0. The molecule has 25 heavy (non-hydrogen) atoms. The van der Waals surface area contributed by atoms with Gasteiger partial charge in [0.2, 0.25) is 0 Å². The average molecular weight is 336 g/mol. The summed E-state index contributed by atoms with van der Waals surface area (Å²) >= 11 is 0. The van der Waals surface area contributed by atoms with Crippen molar-refractivity contribution in [3.8, 4) is 11.1 Å². The van der Waals surface area contributed by atoms with Crippen LogP contribution in [0.2, 0.25) is 0 Å². The first-order chi connectivity index (χ1) is 12.0. The molecule has 0 radical (unpaired) electrons. The third-order valence-corrected chi connectivity index (χ3v) is 3.71. The third kappa shape index (κ3) is 3.47. The Bertz CT molecular complexity index is 982. The van der Waals surface area contributed by atoms with E-state index in [1.165, 1.54) is 24.7 Å². The maximum atomic E-state index is 13.5. The molecule has 0 saturated heterocycles. The summed E-state index contributed by atoms with van der Waals surface area (Å²) in [4.78, 5) is 22.0. The van der Waals surface area contributed by atoms with Crippen LogP contribution >= 0.6 is 0 Å². The van der Waals surface area contributed by atoms with Gasteiger partial charge < -0.3 is 10.6 Å². The summed E-state index contributed by atoms with van der Waals surface area (Å²) in [7, 11) is 3.56. The number of benzene rings is 2. The zero-order valence-electron chi connectivity index (χ0n) is 13.9. The average Bonchev–Trinajstić information content (AvgIpc) is 2.60. The highest BCUT2D eigenvalue weighted by molar-refractivity contribution is 6.11. The van der Waals surface area contributed by atoms with E-state index in [2.05, 4.69) is 9.98 Å². The molecule has 0 aliphatic rings. The van der Waals surface area contributed by atoms with E-state index < -0.39 is 5.91 Å². The molecule has 0 unspecified atom stereocenters. The van der Waals surface area contributed by atoms with Crippen LogP contribution in [0, 0.1) is 5.82 Å². The van der Waals surface area contributed by atoms with Gasteiger partial charge in [-0.05, 0) is 34.7 Å². The lowest BCUT2D eigenvalue weighted by molar-refractivity contribution is 0.100. The lowest BCUT2D eigenvalue weighted by Crippen LogP contribution is -2.10. The molecular weight excluding hydrogens is 319 g/mol. The first kappa shape index (κ1) is 16.6. The van der Waals surface area contributed by atoms with E-state index >= 15 is 0 Å². The van der Waals surface area contributed by atoms with Crippen LogP contribution in [-0.4, -0.2) is 36.2 Å².